The number of nitrogens with one attached hydrogen (secondary N) is 2. The van der Waals surface area contributed by atoms with Crippen molar-refractivity contribution in [3.63, 3.8) is 0 Å². The van der Waals surface area contributed by atoms with E-state index in [9.17, 15) is 4.79 Å². The number of urea groups is 1. The highest BCUT2D eigenvalue weighted by Crippen LogP contribution is 2.32. The van der Waals surface area contributed by atoms with Gasteiger partial charge in [0, 0.05) is 22.7 Å². The number of H-pyrrole nitrogens is 1. The molecule has 2 aromatic carbocycles. The summed E-state index contributed by atoms with van der Waals surface area (Å²) >= 11 is 5.96. The lowest BCUT2D eigenvalue weighted by molar-refractivity contribution is 0.155. The van der Waals surface area contributed by atoms with E-state index >= 15 is 0 Å². The van der Waals surface area contributed by atoms with Crippen molar-refractivity contribution in [3.05, 3.63) is 83.2 Å². The molecule has 5 rings (SSSR count). The number of imidazole rings is 1. The highest BCUT2D eigenvalue weighted by atomic mass is 35.5. The van der Waals surface area contributed by atoms with Crippen LogP contribution in [-0.4, -0.2) is 31.0 Å². The number of benzene rings is 2. The third kappa shape index (κ3) is 3.53. The fraction of sp³-hybridized carbons (Fsp3) is 0.143. The van der Waals surface area contributed by atoms with E-state index in [4.69, 9.17) is 16.1 Å². The molecule has 3 heterocycles. The van der Waals surface area contributed by atoms with Gasteiger partial charge in [-0.1, -0.05) is 35.0 Å². The van der Waals surface area contributed by atoms with E-state index in [1.807, 2.05) is 42.5 Å². The summed E-state index contributed by atoms with van der Waals surface area (Å²) in [5.74, 6) is 0.801. The van der Waals surface area contributed by atoms with Crippen molar-refractivity contribution >= 4 is 23.3 Å². The number of aromatic nitrogens is 4. The van der Waals surface area contributed by atoms with E-state index in [1.165, 1.54) is 0 Å². The summed E-state index contributed by atoms with van der Waals surface area (Å²) in [6, 6.07) is 15.8. The Morgan fingerprint density at radius 2 is 1.97 bits per heavy atom. The largest absolute Gasteiger partial charge is 0.347 e. The van der Waals surface area contributed by atoms with Gasteiger partial charge in [0.25, 0.3) is 0 Å². The number of aromatic amines is 1. The minimum absolute atomic E-state index is 0.252. The van der Waals surface area contributed by atoms with Crippen LogP contribution < -0.4 is 5.32 Å². The van der Waals surface area contributed by atoms with Crippen LogP contribution in [0.3, 0.4) is 0 Å². The highest BCUT2D eigenvalue weighted by molar-refractivity contribution is 6.30. The summed E-state index contributed by atoms with van der Waals surface area (Å²) in [6.07, 6.45) is 2.11. The second-order valence-corrected chi connectivity index (χ2v) is 7.37. The smallest absolute Gasteiger partial charge is 0.322 e. The van der Waals surface area contributed by atoms with Gasteiger partial charge in [-0.25, -0.2) is 9.78 Å². The van der Waals surface area contributed by atoms with Crippen molar-refractivity contribution in [2.45, 2.75) is 19.0 Å². The summed E-state index contributed by atoms with van der Waals surface area (Å²) in [6.45, 7) is 0.358. The molecule has 150 valence electrons. The first-order valence-corrected chi connectivity index (χ1v) is 9.78. The van der Waals surface area contributed by atoms with Gasteiger partial charge in [-0.2, -0.15) is 4.98 Å². The summed E-state index contributed by atoms with van der Waals surface area (Å²) in [5.41, 5.74) is 3.27. The molecule has 0 unspecified atom stereocenters. The second-order valence-electron chi connectivity index (χ2n) is 6.93. The van der Waals surface area contributed by atoms with Crippen LogP contribution in [-0.2, 0) is 13.0 Å². The summed E-state index contributed by atoms with van der Waals surface area (Å²) in [4.78, 5) is 26.8. The molecule has 0 saturated heterocycles. The number of hydrogen-bond donors (Lipinski definition) is 2. The SMILES string of the molecule is O=C(Nc1ccccc1)N1Cc2[nH]cnc2C[C@H]1c1nc(-c2ccc(Cl)cc2)no1. The lowest BCUT2D eigenvalue weighted by Crippen LogP contribution is -2.41. The monoisotopic (exact) mass is 420 g/mol. The van der Waals surface area contributed by atoms with E-state index in [1.54, 1.807) is 23.4 Å². The number of nitrogens with zero attached hydrogens (tertiary/aromatic N) is 4. The van der Waals surface area contributed by atoms with Crippen LogP contribution in [0.2, 0.25) is 5.02 Å². The predicted molar refractivity (Wildman–Crippen MR) is 111 cm³/mol. The van der Waals surface area contributed by atoms with Gasteiger partial charge in [-0.05, 0) is 36.4 Å². The van der Waals surface area contributed by atoms with Crippen molar-refractivity contribution in [1.29, 1.82) is 0 Å². The molecular weight excluding hydrogens is 404 g/mol. The zero-order valence-electron chi connectivity index (χ0n) is 15.7. The molecule has 0 fully saturated rings. The molecule has 0 radical (unpaired) electrons. The van der Waals surface area contributed by atoms with Gasteiger partial charge in [0.1, 0.15) is 6.04 Å². The normalized spacial score (nSPS) is 15.6. The Hall–Kier alpha value is -3.65. The molecule has 0 spiro atoms. The molecule has 0 saturated carbocycles. The number of anilines is 1. The van der Waals surface area contributed by atoms with Gasteiger partial charge in [0.2, 0.25) is 11.7 Å². The molecule has 8 nitrogen and oxygen atoms in total. The zero-order chi connectivity index (χ0) is 20.5. The average molecular weight is 421 g/mol. The van der Waals surface area contributed by atoms with Crippen LogP contribution >= 0.6 is 11.6 Å². The number of amides is 2. The standard InChI is InChI=1S/C21H17ClN6O2/c22-14-8-6-13(7-9-14)19-26-20(30-27-19)18-10-16-17(24-12-23-16)11-28(18)21(29)25-15-4-2-1-3-5-15/h1-9,12,18H,10-11H2,(H,23,24)(H,25,29)/t18-/m0/s1. The van der Waals surface area contributed by atoms with Crippen molar-refractivity contribution in [1.82, 2.24) is 25.0 Å². The number of rotatable bonds is 3. The maximum Gasteiger partial charge on any atom is 0.322 e. The Balaban J connectivity index is 1.45. The van der Waals surface area contributed by atoms with Gasteiger partial charge in [0.15, 0.2) is 0 Å². The number of hydrogen-bond acceptors (Lipinski definition) is 5. The third-order valence-electron chi connectivity index (χ3n) is 5.01. The Morgan fingerprint density at radius 3 is 2.77 bits per heavy atom. The van der Waals surface area contributed by atoms with E-state index in [0.717, 1.165) is 17.0 Å². The molecule has 1 atom stereocenters. The van der Waals surface area contributed by atoms with Crippen molar-refractivity contribution in [3.8, 4) is 11.4 Å². The fourth-order valence-electron chi connectivity index (χ4n) is 3.47. The molecule has 1 aliphatic rings. The van der Waals surface area contributed by atoms with Gasteiger partial charge in [-0.3, -0.25) is 0 Å². The fourth-order valence-corrected chi connectivity index (χ4v) is 3.60. The van der Waals surface area contributed by atoms with E-state index in [-0.39, 0.29) is 6.03 Å². The first-order valence-electron chi connectivity index (χ1n) is 9.41. The minimum atomic E-state index is -0.432. The van der Waals surface area contributed by atoms with Gasteiger partial charge < -0.3 is 19.7 Å². The molecule has 30 heavy (non-hydrogen) atoms. The Bertz CT molecular complexity index is 1170. The number of fused-ring (bicyclic) bond motifs is 1. The Kier molecular flexibility index (Phi) is 4.68. The van der Waals surface area contributed by atoms with Crippen LogP contribution in [0.1, 0.15) is 23.3 Å². The first-order chi connectivity index (χ1) is 14.7. The molecule has 2 N–H and O–H groups in total. The summed E-state index contributed by atoms with van der Waals surface area (Å²) in [7, 11) is 0. The molecule has 2 aromatic heterocycles. The molecule has 9 heteroatoms. The second kappa shape index (κ2) is 7.64. The average Bonchev–Trinajstić information content (AvgIpc) is 3.43. The maximum absolute atomic E-state index is 13.1. The van der Waals surface area contributed by atoms with E-state index < -0.39 is 6.04 Å². The molecule has 0 bridgehead atoms. The van der Waals surface area contributed by atoms with Gasteiger partial charge in [-0.15, -0.1) is 0 Å². The third-order valence-corrected chi connectivity index (χ3v) is 5.27. The van der Waals surface area contributed by atoms with Crippen LogP contribution in [0.25, 0.3) is 11.4 Å². The Labute approximate surface area is 176 Å². The van der Waals surface area contributed by atoms with Crippen LogP contribution in [0.5, 0.6) is 0 Å². The lowest BCUT2D eigenvalue weighted by atomic mass is 10.0. The minimum Gasteiger partial charge on any atom is -0.347 e. The van der Waals surface area contributed by atoms with Gasteiger partial charge >= 0.3 is 6.03 Å². The number of halogens is 1. The summed E-state index contributed by atoms with van der Waals surface area (Å²) in [5, 5.41) is 7.65. The zero-order valence-corrected chi connectivity index (χ0v) is 16.5. The molecule has 2 amide bonds. The van der Waals surface area contributed by atoms with Crippen molar-refractivity contribution < 1.29 is 9.32 Å². The Morgan fingerprint density at radius 1 is 1.17 bits per heavy atom. The number of carbonyl (C=O) groups excluding carboxylic acids is 1. The molecule has 4 aromatic rings. The quantitative estimate of drug-likeness (QED) is 0.510. The first kappa shape index (κ1) is 18.4. The van der Waals surface area contributed by atoms with E-state index in [2.05, 4.69) is 25.4 Å². The highest BCUT2D eigenvalue weighted by Gasteiger charge is 2.36. The van der Waals surface area contributed by atoms with E-state index in [0.29, 0.717) is 35.4 Å². The molecule has 0 aliphatic carbocycles. The topological polar surface area (TPSA) is 99.9 Å². The van der Waals surface area contributed by atoms with Crippen LogP contribution in [0.4, 0.5) is 10.5 Å². The number of para-hydroxylation sites is 1. The van der Waals surface area contributed by atoms with Crippen molar-refractivity contribution in [2.24, 2.45) is 0 Å². The van der Waals surface area contributed by atoms with Crippen LogP contribution in [0.15, 0.2) is 65.4 Å². The van der Waals surface area contributed by atoms with Crippen molar-refractivity contribution in [2.75, 3.05) is 5.32 Å². The summed E-state index contributed by atoms with van der Waals surface area (Å²) < 4.78 is 5.56. The van der Waals surface area contributed by atoms with Crippen LogP contribution in [0, 0.1) is 0 Å². The predicted octanol–water partition coefficient (Wildman–Crippen LogP) is 4.44. The van der Waals surface area contributed by atoms with Gasteiger partial charge in [0.05, 0.1) is 24.3 Å². The maximum atomic E-state index is 13.1. The molecule has 1 aliphatic heterocycles. The molecular formula is C21H17ClN6O2. The lowest BCUT2D eigenvalue weighted by Gasteiger charge is -2.32. The number of carbonyl (C=O) groups is 1.